The first-order valence-electron chi connectivity index (χ1n) is 7.29. The summed E-state index contributed by atoms with van der Waals surface area (Å²) in [6.45, 7) is 0. The molecule has 3 N–H and O–H groups in total. The highest BCUT2D eigenvalue weighted by Gasteiger charge is 2.15. The zero-order valence-corrected chi connectivity index (χ0v) is 13.8. The Morgan fingerprint density at radius 3 is 2.44 bits per heavy atom. The van der Waals surface area contributed by atoms with E-state index in [2.05, 4.69) is 5.32 Å². The van der Waals surface area contributed by atoms with Crippen LogP contribution in [0, 0.1) is 0 Å². The van der Waals surface area contributed by atoms with Crippen molar-refractivity contribution in [2.75, 3.05) is 5.32 Å². The predicted molar refractivity (Wildman–Crippen MR) is 92.6 cm³/mol. The van der Waals surface area contributed by atoms with E-state index in [-0.39, 0.29) is 17.4 Å². The molecule has 0 unspecified atom stereocenters. The van der Waals surface area contributed by atoms with Gasteiger partial charge in [0.2, 0.25) is 0 Å². The number of fused-ring (bicyclic) bond motifs is 1. The maximum Gasteiger partial charge on any atom is 0.329 e. The normalized spacial score (nSPS) is 11.4. The Labute approximate surface area is 142 Å². The summed E-state index contributed by atoms with van der Waals surface area (Å²) in [6, 6.07) is 13.8. The molecule has 0 atom stereocenters. The van der Waals surface area contributed by atoms with Crippen molar-refractivity contribution in [3.05, 3.63) is 76.1 Å². The van der Waals surface area contributed by atoms with Crippen molar-refractivity contribution in [3.63, 3.8) is 0 Å². The van der Waals surface area contributed by atoms with Crippen LogP contribution in [-0.4, -0.2) is 15.7 Å². The number of hydrogen-bond donors (Lipinski definition) is 3. The van der Waals surface area contributed by atoms with Crippen molar-refractivity contribution >= 4 is 30.2 Å². The van der Waals surface area contributed by atoms with Crippen LogP contribution in [0.1, 0.15) is 16.1 Å². The number of carbonyl (C=O) groups excluding carboxylic acids is 1. The zero-order valence-electron chi connectivity index (χ0n) is 12.9. The zero-order chi connectivity index (χ0) is 18.0. The molecule has 0 aliphatic rings. The van der Waals surface area contributed by atoms with E-state index in [9.17, 15) is 14.2 Å². The van der Waals surface area contributed by atoms with Crippen LogP contribution in [0.3, 0.4) is 0 Å². The van der Waals surface area contributed by atoms with E-state index in [4.69, 9.17) is 14.2 Å². The van der Waals surface area contributed by atoms with Crippen molar-refractivity contribution in [2.45, 2.75) is 6.16 Å². The molecule has 25 heavy (non-hydrogen) atoms. The van der Waals surface area contributed by atoms with E-state index in [1.54, 1.807) is 24.3 Å². The molecular weight excluding hydrogens is 345 g/mol. The van der Waals surface area contributed by atoms with Crippen molar-refractivity contribution < 1.29 is 23.6 Å². The van der Waals surface area contributed by atoms with Gasteiger partial charge in [0, 0.05) is 11.8 Å². The van der Waals surface area contributed by atoms with Gasteiger partial charge in [-0.25, -0.2) is 0 Å². The molecule has 0 bridgehead atoms. The topological polar surface area (TPSA) is 117 Å². The minimum absolute atomic E-state index is 0.122. The van der Waals surface area contributed by atoms with Crippen LogP contribution >= 0.6 is 7.60 Å². The van der Waals surface area contributed by atoms with Gasteiger partial charge in [0.1, 0.15) is 5.58 Å². The Hall–Kier alpha value is -2.73. The average Bonchev–Trinajstić information content (AvgIpc) is 2.55. The maximum atomic E-state index is 12.3. The van der Waals surface area contributed by atoms with Crippen molar-refractivity contribution in [1.29, 1.82) is 0 Å². The third kappa shape index (κ3) is 4.22. The van der Waals surface area contributed by atoms with Crippen molar-refractivity contribution in [1.82, 2.24) is 0 Å². The summed E-state index contributed by atoms with van der Waals surface area (Å²) >= 11 is 0. The van der Waals surface area contributed by atoms with E-state index >= 15 is 0 Å². The number of amides is 1. The van der Waals surface area contributed by atoms with Gasteiger partial charge < -0.3 is 19.5 Å². The summed E-state index contributed by atoms with van der Waals surface area (Å²) in [5, 5.41) is 2.96. The summed E-state index contributed by atoms with van der Waals surface area (Å²) in [7, 11) is -4.14. The third-order valence-corrected chi connectivity index (χ3v) is 4.24. The van der Waals surface area contributed by atoms with Crippen LogP contribution in [0.4, 0.5) is 5.69 Å². The second-order valence-corrected chi connectivity index (χ2v) is 7.09. The molecule has 0 saturated carbocycles. The molecule has 1 aromatic heterocycles. The number of anilines is 1. The lowest BCUT2D eigenvalue weighted by atomic mass is 10.2. The molecule has 0 aliphatic carbocycles. The predicted octanol–water partition coefficient (Wildman–Crippen LogP) is 2.72. The first-order valence-corrected chi connectivity index (χ1v) is 9.09. The van der Waals surface area contributed by atoms with Crippen molar-refractivity contribution in [2.24, 2.45) is 0 Å². The second kappa shape index (κ2) is 6.64. The largest absolute Gasteiger partial charge is 0.451 e. The molecule has 0 saturated heterocycles. The molecule has 128 valence electrons. The highest BCUT2D eigenvalue weighted by molar-refractivity contribution is 7.50. The highest BCUT2D eigenvalue weighted by Crippen LogP contribution is 2.39. The first-order chi connectivity index (χ1) is 11.8. The number of rotatable bonds is 4. The molecule has 8 heteroatoms. The smallest absolute Gasteiger partial charge is 0.329 e. The van der Waals surface area contributed by atoms with Crippen molar-refractivity contribution in [3.8, 4) is 0 Å². The summed E-state index contributed by atoms with van der Waals surface area (Å²) < 4.78 is 16.4. The van der Waals surface area contributed by atoms with Crippen LogP contribution in [0.25, 0.3) is 11.0 Å². The van der Waals surface area contributed by atoms with Gasteiger partial charge in [-0.1, -0.05) is 24.3 Å². The van der Waals surface area contributed by atoms with Gasteiger partial charge in [-0.05, 0) is 29.8 Å². The second-order valence-electron chi connectivity index (χ2n) is 5.44. The van der Waals surface area contributed by atoms with Crippen LogP contribution in [-0.2, 0) is 10.7 Å². The SMILES string of the molecule is O=C(Nc1ccc(CP(=O)(O)O)cc1)c1cc(=O)c2ccccc2o1. The molecule has 3 aromatic rings. The minimum atomic E-state index is -4.14. The lowest BCUT2D eigenvalue weighted by Gasteiger charge is -2.07. The van der Waals surface area contributed by atoms with E-state index in [0.717, 1.165) is 6.07 Å². The van der Waals surface area contributed by atoms with Crippen LogP contribution < -0.4 is 10.7 Å². The van der Waals surface area contributed by atoms with Gasteiger partial charge in [0.15, 0.2) is 11.2 Å². The Morgan fingerprint density at radius 2 is 1.76 bits per heavy atom. The maximum absolute atomic E-state index is 12.3. The summed E-state index contributed by atoms with van der Waals surface area (Å²) in [4.78, 5) is 42.2. The highest BCUT2D eigenvalue weighted by atomic mass is 31.2. The van der Waals surface area contributed by atoms with E-state index in [1.807, 2.05) is 0 Å². The molecule has 1 heterocycles. The van der Waals surface area contributed by atoms with Crippen LogP contribution in [0.2, 0.25) is 0 Å². The average molecular weight is 359 g/mol. The molecule has 0 spiro atoms. The Morgan fingerprint density at radius 1 is 1.08 bits per heavy atom. The lowest BCUT2D eigenvalue weighted by Crippen LogP contribution is -2.14. The van der Waals surface area contributed by atoms with Crippen LogP contribution in [0.15, 0.2) is 63.8 Å². The number of nitrogens with one attached hydrogen (secondary N) is 1. The Bertz CT molecular complexity index is 1030. The Balaban J connectivity index is 1.80. The summed E-state index contributed by atoms with van der Waals surface area (Å²) in [5.74, 6) is -0.714. The molecule has 7 nitrogen and oxygen atoms in total. The minimum Gasteiger partial charge on any atom is -0.451 e. The molecule has 2 aromatic carbocycles. The number of carbonyl (C=O) groups is 1. The first kappa shape index (κ1) is 17.1. The van der Waals surface area contributed by atoms with E-state index in [0.29, 0.717) is 22.2 Å². The summed E-state index contributed by atoms with van der Waals surface area (Å²) in [6.07, 6.45) is -0.374. The third-order valence-electron chi connectivity index (χ3n) is 3.46. The number of benzene rings is 2. The molecule has 0 fully saturated rings. The fraction of sp³-hybridized carbons (Fsp3) is 0.0588. The van der Waals surface area contributed by atoms with Gasteiger partial charge in [0.25, 0.3) is 5.91 Å². The van der Waals surface area contributed by atoms with Gasteiger partial charge in [-0.15, -0.1) is 0 Å². The fourth-order valence-corrected chi connectivity index (χ4v) is 3.03. The number of para-hydroxylation sites is 1. The standard InChI is InChI=1S/C17H14NO6P/c19-14-9-16(24-15-4-2-1-3-13(14)15)17(20)18-12-7-5-11(6-8-12)10-25(21,22)23/h1-9H,10H2,(H,18,20)(H2,21,22,23). The lowest BCUT2D eigenvalue weighted by molar-refractivity contribution is 0.0997. The monoisotopic (exact) mass is 359 g/mol. The van der Waals surface area contributed by atoms with E-state index < -0.39 is 13.5 Å². The fourth-order valence-electron chi connectivity index (χ4n) is 2.34. The molecule has 0 radical (unpaired) electrons. The molecule has 1 amide bonds. The molecular formula is C17H14NO6P. The van der Waals surface area contributed by atoms with E-state index in [1.165, 1.54) is 24.3 Å². The number of hydrogen-bond acceptors (Lipinski definition) is 4. The summed E-state index contributed by atoms with van der Waals surface area (Å²) in [5.41, 5.74) is 0.861. The van der Waals surface area contributed by atoms with Gasteiger partial charge in [-0.2, -0.15) is 0 Å². The molecule has 0 aliphatic heterocycles. The quantitative estimate of drug-likeness (QED) is 0.617. The van der Waals surface area contributed by atoms with Gasteiger partial charge in [0.05, 0.1) is 11.5 Å². The van der Waals surface area contributed by atoms with Crippen LogP contribution in [0.5, 0.6) is 0 Å². The molecule has 3 rings (SSSR count). The Kier molecular flexibility index (Phi) is 4.55. The van der Waals surface area contributed by atoms with Gasteiger partial charge in [-0.3, -0.25) is 14.2 Å². The van der Waals surface area contributed by atoms with Gasteiger partial charge >= 0.3 is 7.60 Å².